The van der Waals surface area contributed by atoms with Crippen molar-refractivity contribution >= 4 is 25.4 Å². The Kier molecular flexibility index (Phi) is 4.77. The van der Waals surface area contributed by atoms with Crippen molar-refractivity contribution in [1.82, 2.24) is 19.5 Å². The summed E-state index contributed by atoms with van der Waals surface area (Å²) in [6.07, 6.45) is 3.91. The van der Waals surface area contributed by atoms with Crippen LogP contribution in [0.25, 0.3) is 11.2 Å². The maximum absolute atomic E-state index is 12.0. The molecule has 1 saturated carbocycles. The number of fused-ring (bicyclic) bond motifs is 1. The van der Waals surface area contributed by atoms with E-state index in [1.165, 1.54) is 0 Å². The molecule has 144 valence electrons. The quantitative estimate of drug-likeness (QED) is 0.779. The maximum Gasteiger partial charge on any atom is 0.280 e. The van der Waals surface area contributed by atoms with E-state index in [-0.39, 0.29) is 22.6 Å². The van der Waals surface area contributed by atoms with Crippen molar-refractivity contribution in [3.8, 4) is 0 Å². The molecular formula is C18H31N5O2Si. The smallest absolute Gasteiger partial charge is 0.280 e. The first-order valence-electron chi connectivity index (χ1n) is 9.41. The Bertz CT molecular complexity index is 851. The second-order valence-electron chi connectivity index (χ2n) is 8.98. The molecule has 0 radical (unpaired) electrons. The summed E-state index contributed by atoms with van der Waals surface area (Å²) in [6.45, 7) is 14.3. The van der Waals surface area contributed by atoms with Gasteiger partial charge in [0.25, 0.3) is 5.56 Å². The van der Waals surface area contributed by atoms with Crippen LogP contribution in [0.3, 0.4) is 0 Å². The standard InChI is InChI=1S/C18H31N5O2Si/c1-7-11-8-13(12(11)9-25-26(5,6)18(2,3)4)23-10-20-14-15(23)21-17(19)22-16(14)24/h10-13H,7-9H2,1-6H3,(H3,19,21,22,24)/t11-,12+,13+/m0/s1. The van der Waals surface area contributed by atoms with Crippen molar-refractivity contribution in [3.05, 3.63) is 16.7 Å². The maximum atomic E-state index is 12.0. The number of rotatable bonds is 5. The summed E-state index contributed by atoms with van der Waals surface area (Å²) in [6, 6.07) is 0.253. The monoisotopic (exact) mass is 377 g/mol. The highest BCUT2D eigenvalue weighted by molar-refractivity contribution is 6.74. The van der Waals surface area contributed by atoms with Gasteiger partial charge in [-0.1, -0.05) is 34.1 Å². The summed E-state index contributed by atoms with van der Waals surface area (Å²) in [4.78, 5) is 23.1. The molecule has 3 rings (SSSR count). The Balaban J connectivity index is 1.86. The molecule has 26 heavy (non-hydrogen) atoms. The molecule has 2 aromatic rings. The molecule has 3 N–H and O–H groups in total. The Morgan fingerprint density at radius 2 is 2.12 bits per heavy atom. The SMILES string of the molecule is CC[C@H]1C[C@@H](n2cnc3c(=O)[nH]c(N)nc32)[C@@H]1CO[Si](C)(C)C(C)(C)C. The lowest BCUT2D eigenvalue weighted by Crippen LogP contribution is -2.47. The predicted octanol–water partition coefficient (Wildman–Crippen LogP) is 3.31. The van der Waals surface area contributed by atoms with E-state index in [4.69, 9.17) is 10.2 Å². The molecule has 1 aliphatic carbocycles. The lowest BCUT2D eigenvalue weighted by molar-refractivity contribution is 0.0299. The van der Waals surface area contributed by atoms with Crippen LogP contribution in [0.2, 0.25) is 18.1 Å². The molecule has 1 aliphatic rings. The van der Waals surface area contributed by atoms with Crippen LogP contribution in [0.15, 0.2) is 11.1 Å². The zero-order valence-electron chi connectivity index (χ0n) is 16.7. The summed E-state index contributed by atoms with van der Waals surface area (Å²) >= 11 is 0. The number of nitrogens with two attached hydrogens (primary N) is 1. The minimum absolute atomic E-state index is 0.129. The molecule has 0 aliphatic heterocycles. The highest BCUT2D eigenvalue weighted by atomic mass is 28.4. The fourth-order valence-corrected chi connectivity index (χ4v) is 4.56. The fourth-order valence-electron chi connectivity index (χ4n) is 3.52. The molecule has 0 bridgehead atoms. The van der Waals surface area contributed by atoms with Gasteiger partial charge in [0, 0.05) is 18.6 Å². The highest BCUT2D eigenvalue weighted by Gasteiger charge is 2.44. The Labute approximate surface area is 155 Å². The van der Waals surface area contributed by atoms with Gasteiger partial charge in [0.1, 0.15) is 0 Å². The summed E-state index contributed by atoms with van der Waals surface area (Å²) in [5.41, 5.74) is 6.37. The van der Waals surface area contributed by atoms with Gasteiger partial charge in [-0.25, -0.2) is 4.98 Å². The first kappa shape index (κ1) is 19.1. The van der Waals surface area contributed by atoms with Crippen LogP contribution in [0.5, 0.6) is 0 Å². The molecule has 2 aromatic heterocycles. The summed E-state index contributed by atoms with van der Waals surface area (Å²) in [5.74, 6) is 1.17. The second kappa shape index (κ2) is 6.49. The minimum atomic E-state index is -1.79. The van der Waals surface area contributed by atoms with Crippen LogP contribution in [0.4, 0.5) is 5.95 Å². The van der Waals surface area contributed by atoms with Crippen molar-refractivity contribution in [3.63, 3.8) is 0 Å². The van der Waals surface area contributed by atoms with E-state index >= 15 is 0 Å². The average Bonchev–Trinajstić information content (AvgIpc) is 2.89. The number of hydrogen-bond donors (Lipinski definition) is 2. The third kappa shape index (κ3) is 3.20. The van der Waals surface area contributed by atoms with E-state index < -0.39 is 8.32 Å². The van der Waals surface area contributed by atoms with E-state index in [9.17, 15) is 4.79 Å². The van der Waals surface area contributed by atoms with Gasteiger partial charge in [-0.05, 0) is 30.5 Å². The van der Waals surface area contributed by atoms with Gasteiger partial charge >= 0.3 is 0 Å². The number of nitrogen functional groups attached to an aromatic ring is 1. The molecular weight excluding hydrogens is 346 g/mol. The second-order valence-corrected chi connectivity index (χ2v) is 13.8. The van der Waals surface area contributed by atoms with Crippen LogP contribution in [0.1, 0.15) is 46.6 Å². The van der Waals surface area contributed by atoms with Crippen LogP contribution in [-0.4, -0.2) is 34.4 Å². The first-order valence-corrected chi connectivity index (χ1v) is 12.3. The van der Waals surface area contributed by atoms with Crippen LogP contribution < -0.4 is 11.3 Å². The van der Waals surface area contributed by atoms with Gasteiger partial charge in [-0.15, -0.1) is 0 Å². The average molecular weight is 378 g/mol. The summed E-state index contributed by atoms with van der Waals surface area (Å²) in [7, 11) is -1.79. The van der Waals surface area contributed by atoms with Crippen molar-refractivity contribution in [2.24, 2.45) is 11.8 Å². The van der Waals surface area contributed by atoms with Crippen LogP contribution in [0, 0.1) is 11.8 Å². The molecule has 8 heteroatoms. The summed E-state index contributed by atoms with van der Waals surface area (Å²) in [5, 5.41) is 0.193. The van der Waals surface area contributed by atoms with Gasteiger partial charge in [-0.3, -0.25) is 9.78 Å². The zero-order valence-corrected chi connectivity index (χ0v) is 17.7. The third-order valence-electron chi connectivity index (χ3n) is 6.42. The Morgan fingerprint density at radius 1 is 1.42 bits per heavy atom. The number of aromatic amines is 1. The molecule has 0 unspecified atom stereocenters. The molecule has 1 fully saturated rings. The largest absolute Gasteiger partial charge is 0.416 e. The Morgan fingerprint density at radius 3 is 2.73 bits per heavy atom. The number of hydrogen-bond acceptors (Lipinski definition) is 5. The van der Waals surface area contributed by atoms with Crippen molar-refractivity contribution in [2.75, 3.05) is 12.3 Å². The first-order chi connectivity index (χ1) is 12.0. The molecule has 7 nitrogen and oxygen atoms in total. The summed E-state index contributed by atoms with van der Waals surface area (Å²) < 4.78 is 8.53. The van der Waals surface area contributed by atoms with Gasteiger partial charge in [0.05, 0.1) is 6.33 Å². The van der Waals surface area contributed by atoms with Crippen molar-refractivity contribution in [2.45, 2.75) is 64.7 Å². The Hall–Kier alpha value is -1.67. The van der Waals surface area contributed by atoms with E-state index in [0.717, 1.165) is 19.4 Å². The van der Waals surface area contributed by atoms with Crippen LogP contribution >= 0.6 is 0 Å². The fraction of sp³-hybridized carbons (Fsp3) is 0.722. The number of H-pyrrole nitrogens is 1. The lowest BCUT2D eigenvalue weighted by Gasteiger charge is -2.47. The van der Waals surface area contributed by atoms with Gasteiger partial charge in [-0.2, -0.15) is 4.98 Å². The molecule has 0 saturated heterocycles. The number of nitrogens with one attached hydrogen (secondary N) is 1. The van der Waals surface area contributed by atoms with Gasteiger partial charge < -0.3 is 14.7 Å². The molecule has 0 amide bonds. The number of anilines is 1. The van der Waals surface area contributed by atoms with Crippen molar-refractivity contribution in [1.29, 1.82) is 0 Å². The highest BCUT2D eigenvalue weighted by Crippen LogP contribution is 2.48. The normalized spacial score (nSPS) is 24.0. The molecule has 0 aromatic carbocycles. The molecule has 0 spiro atoms. The minimum Gasteiger partial charge on any atom is -0.416 e. The van der Waals surface area contributed by atoms with E-state index in [1.54, 1.807) is 6.33 Å². The molecule has 3 atom stereocenters. The van der Waals surface area contributed by atoms with E-state index in [0.29, 0.717) is 23.0 Å². The van der Waals surface area contributed by atoms with E-state index in [2.05, 4.69) is 55.7 Å². The number of imidazole rings is 1. The predicted molar refractivity (Wildman–Crippen MR) is 107 cm³/mol. The molecule has 2 heterocycles. The number of nitrogens with zero attached hydrogens (tertiary/aromatic N) is 3. The third-order valence-corrected chi connectivity index (χ3v) is 10.9. The lowest BCUT2D eigenvalue weighted by atomic mass is 9.68. The topological polar surface area (TPSA) is 98.8 Å². The number of aromatic nitrogens is 4. The van der Waals surface area contributed by atoms with Gasteiger partial charge in [0.2, 0.25) is 5.95 Å². The van der Waals surface area contributed by atoms with Crippen LogP contribution in [-0.2, 0) is 4.43 Å². The van der Waals surface area contributed by atoms with Crippen molar-refractivity contribution < 1.29 is 4.43 Å². The van der Waals surface area contributed by atoms with Gasteiger partial charge in [0.15, 0.2) is 19.5 Å². The van der Waals surface area contributed by atoms with E-state index in [1.807, 2.05) is 4.57 Å². The zero-order chi connectivity index (χ0) is 19.3.